The number of carbonyl (C=O) groups excluding carboxylic acids is 1. The van der Waals surface area contributed by atoms with Crippen LogP contribution in [0.4, 0.5) is 11.4 Å². The number of fused-ring (bicyclic) bond motifs is 3. The van der Waals surface area contributed by atoms with Gasteiger partial charge in [0.15, 0.2) is 0 Å². The Morgan fingerprint density at radius 1 is 1.28 bits per heavy atom. The average molecular weight is 465 g/mol. The lowest BCUT2D eigenvalue weighted by Crippen LogP contribution is -2.58. The van der Waals surface area contributed by atoms with Gasteiger partial charge in [0.05, 0.1) is 19.9 Å². The zero-order valence-electron chi connectivity index (χ0n) is 15.8. The van der Waals surface area contributed by atoms with E-state index >= 15 is 0 Å². The number of amides is 1. The second-order valence-corrected chi connectivity index (χ2v) is 11.2. The van der Waals surface area contributed by atoms with Gasteiger partial charge in [-0.15, -0.1) is 0 Å². The fourth-order valence-electron chi connectivity index (χ4n) is 4.00. The van der Waals surface area contributed by atoms with Gasteiger partial charge in [-0.05, 0) is 55.3 Å². The van der Waals surface area contributed by atoms with Gasteiger partial charge in [-0.3, -0.25) is 14.9 Å². The van der Waals surface area contributed by atoms with Crippen LogP contribution in [0.3, 0.4) is 0 Å². The van der Waals surface area contributed by atoms with Crippen LogP contribution < -0.4 is 4.90 Å². The first kappa shape index (κ1) is 20.7. The van der Waals surface area contributed by atoms with Crippen molar-refractivity contribution in [3.05, 3.63) is 68.2 Å². The van der Waals surface area contributed by atoms with Crippen LogP contribution in [0.5, 0.6) is 0 Å². The Morgan fingerprint density at radius 2 is 2.00 bits per heavy atom. The summed E-state index contributed by atoms with van der Waals surface area (Å²) in [6.45, 7) is 6.07. The average Bonchev–Trinajstić information content (AvgIpc) is 3.05. The zero-order chi connectivity index (χ0) is 21.1. The number of benzene rings is 2. The zero-order valence-corrected chi connectivity index (χ0v) is 19.0. The highest BCUT2D eigenvalue weighted by molar-refractivity contribution is 8.84. The molecule has 2 aliphatic heterocycles. The number of rotatable bonds is 2. The Labute approximate surface area is 186 Å². The minimum absolute atomic E-state index is 0.00800. The third-order valence-electron chi connectivity index (χ3n) is 5.42. The van der Waals surface area contributed by atoms with E-state index < -0.39 is 10.5 Å². The molecular formula is C20H17ClN2O3S3. The summed E-state index contributed by atoms with van der Waals surface area (Å²) >= 11 is 11.6. The molecule has 0 spiro atoms. The van der Waals surface area contributed by atoms with Crippen molar-refractivity contribution in [2.45, 2.75) is 37.5 Å². The number of hydrogen-bond acceptors (Lipinski definition) is 6. The van der Waals surface area contributed by atoms with Gasteiger partial charge < -0.3 is 4.90 Å². The van der Waals surface area contributed by atoms with Gasteiger partial charge in [0.2, 0.25) is 0 Å². The predicted molar refractivity (Wildman–Crippen MR) is 124 cm³/mol. The monoisotopic (exact) mass is 464 g/mol. The Morgan fingerprint density at radius 3 is 2.69 bits per heavy atom. The molecule has 4 rings (SSSR count). The molecule has 0 radical (unpaired) electrons. The largest absolute Gasteiger partial charge is 0.301 e. The lowest BCUT2D eigenvalue weighted by Gasteiger charge is -2.49. The van der Waals surface area contributed by atoms with E-state index in [0.29, 0.717) is 0 Å². The number of aryl methyl sites for hydroxylation is 1. The summed E-state index contributed by atoms with van der Waals surface area (Å²) in [6, 6.07) is 10.2. The SMILES string of the molecule is Cc1ccc2c(c1)[C@@H]1C(=S)SS[C@H]1C(C)(C)N2C(=O)c1ccc(Cl)c([N+](=O)[O-])c1. The molecule has 5 nitrogen and oxygen atoms in total. The van der Waals surface area contributed by atoms with E-state index in [1.807, 2.05) is 32.9 Å². The molecule has 0 unspecified atom stereocenters. The van der Waals surface area contributed by atoms with Crippen molar-refractivity contribution in [1.82, 2.24) is 0 Å². The standard InChI is InChI=1S/C20H17ClN2O3S3/c1-10-4-7-14-12(8-10)16-17(28-29-19(16)27)20(2,3)22(14)18(24)11-5-6-13(21)15(9-11)23(25)26/h4-9,16-17H,1-3H3/t16-,17+/m0/s1. The van der Waals surface area contributed by atoms with E-state index in [0.717, 1.165) is 21.0 Å². The van der Waals surface area contributed by atoms with Gasteiger partial charge in [-0.25, -0.2) is 0 Å². The molecule has 9 heteroatoms. The summed E-state index contributed by atoms with van der Waals surface area (Å²) in [4.78, 5) is 26.1. The van der Waals surface area contributed by atoms with Gasteiger partial charge in [-0.2, -0.15) is 0 Å². The highest BCUT2D eigenvalue weighted by atomic mass is 35.5. The summed E-state index contributed by atoms with van der Waals surface area (Å²) in [5.74, 6) is -0.213. The molecule has 2 aromatic carbocycles. The summed E-state index contributed by atoms with van der Waals surface area (Å²) in [5.41, 5.74) is 2.35. The minimum Gasteiger partial charge on any atom is -0.301 e. The lowest BCUT2D eigenvalue weighted by atomic mass is 9.78. The van der Waals surface area contributed by atoms with E-state index in [4.69, 9.17) is 23.8 Å². The molecule has 1 fully saturated rings. The third kappa shape index (κ3) is 3.26. The van der Waals surface area contributed by atoms with Crippen LogP contribution in [0.1, 0.15) is 41.3 Å². The summed E-state index contributed by atoms with van der Waals surface area (Å²) in [7, 11) is 3.29. The quantitative estimate of drug-likeness (QED) is 0.229. The maximum Gasteiger partial charge on any atom is 0.288 e. The molecule has 2 aliphatic rings. The molecule has 0 bridgehead atoms. The number of carbonyl (C=O) groups is 1. The van der Waals surface area contributed by atoms with Crippen molar-refractivity contribution < 1.29 is 9.72 Å². The Kier molecular flexibility index (Phi) is 5.17. The van der Waals surface area contributed by atoms with E-state index in [1.54, 1.807) is 26.5 Å². The van der Waals surface area contributed by atoms with Crippen molar-refractivity contribution in [2.24, 2.45) is 0 Å². The van der Waals surface area contributed by atoms with Crippen molar-refractivity contribution in [1.29, 1.82) is 0 Å². The first-order valence-corrected chi connectivity index (χ1v) is 11.9. The van der Waals surface area contributed by atoms with E-state index in [2.05, 4.69) is 6.07 Å². The molecular weight excluding hydrogens is 448 g/mol. The maximum atomic E-state index is 13.6. The topological polar surface area (TPSA) is 63.5 Å². The van der Waals surface area contributed by atoms with Crippen LogP contribution >= 0.6 is 45.4 Å². The van der Waals surface area contributed by atoms with Crippen LogP contribution in [-0.2, 0) is 0 Å². The van der Waals surface area contributed by atoms with Gasteiger partial charge in [0.1, 0.15) is 5.02 Å². The first-order valence-electron chi connectivity index (χ1n) is 8.89. The van der Waals surface area contributed by atoms with E-state index in [1.165, 1.54) is 18.2 Å². The minimum atomic E-state index is -0.574. The maximum absolute atomic E-state index is 13.6. The summed E-state index contributed by atoms with van der Waals surface area (Å²) < 4.78 is 0.925. The molecule has 0 aliphatic carbocycles. The lowest BCUT2D eigenvalue weighted by molar-refractivity contribution is -0.384. The number of thiocarbonyl (C=S) groups is 1. The third-order valence-corrected chi connectivity index (χ3v) is 9.58. The summed E-state index contributed by atoms with van der Waals surface area (Å²) in [5, 5.41) is 11.4. The molecule has 0 saturated carbocycles. The van der Waals surface area contributed by atoms with Gasteiger partial charge >= 0.3 is 0 Å². The number of nitrogens with zero attached hydrogens (tertiary/aromatic N) is 2. The molecule has 1 amide bonds. The molecule has 150 valence electrons. The molecule has 2 heterocycles. The van der Waals surface area contributed by atoms with Crippen molar-refractivity contribution in [3.63, 3.8) is 0 Å². The van der Waals surface area contributed by atoms with E-state index in [-0.39, 0.29) is 33.3 Å². The molecule has 29 heavy (non-hydrogen) atoms. The molecule has 1 saturated heterocycles. The highest BCUT2D eigenvalue weighted by Crippen LogP contribution is 2.59. The van der Waals surface area contributed by atoms with Crippen molar-refractivity contribution in [2.75, 3.05) is 4.90 Å². The van der Waals surface area contributed by atoms with Crippen molar-refractivity contribution in [3.8, 4) is 0 Å². The first-order chi connectivity index (χ1) is 13.6. The predicted octanol–water partition coefficient (Wildman–Crippen LogP) is 6.17. The van der Waals surface area contributed by atoms with Crippen LogP contribution in [0, 0.1) is 17.0 Å². The number of halogens is 1. The smallest absolute Gasteiger partial charge is 0.288 e. The van der Waals surface area contributed by atoms with Crippen LogP contribution in [0.15, 0.2) is 36.4 Å². The van der Waals surface area contributed by atoms with Gasteiger partial charge in [-0.1, -0.05) is 52.3 Å². The number of hydrogen-bond donors (Lipinski definition) is 0. The highest BCUT2D eigenvalue weighted by Gasteiger charge is 2.53. The van der Waals surface area contributed by atoms with Gasteiger partial charge in [0, 0.05) is 23.2 Å². The summed E-state index contributed by atoms with van der Waals surface area (Å²) in [6.07, 6.45) is 0. The normalized spacial score (nSPS) is 22.2. The second kappa shape index (κ2) is 7.27. The van der Waals surface area contributed by atoms with Crippen molar-refractivity contribution >= 4 is 66.9 Å². The fourth-order valence-corrected chi connectivity index (χ4v) is 8.22. The second-order valence-electron chi connectivity index (χ2n) is 7.68. The molecule has 0 aromatic heterocycles. The molecule has 2 aromatic rings. The Bertz CT molecular complexity index is 1070. The Balaban J connectivity index is 1.89. The van der Waals surface area contributed by atoms with E-state index in [9.17, 15) is 14.9 Å². The fraction of sp³-hybridized carbons (Fsp3) is 0.300. The number of nitro benzene ring substituents is 1. The van der Waals surface area contributed by atoms with Crippen LogP contribution in [0.25, 0.3) is 0 Å². The van der Waals surface area contributed by atoms with Crippen LogP contribution in [0.2, 0.25) is 5.02 Å². The number of nitro groups is 1. The van der Waals surface area contributed by atoms with Gasteiger partial charge in [0.25, 0.3) is 11.6 Å². The molecule has 0 N–H and O–H groups in total. The van der Waals surface area contributed by atoms with Crippen LogP contribution in [-0.4, -0.2) is 25.8 Å². The number of anilines is 1. The Hall–Kier alpha value is -1.61. The molecule has 2 atom stereocenters.